The Bertz CT molecular complexity index is 1250. The quantitative estimate of drug-likeness (QED) is 0.344. The number of aromatic nitrogens is 3. The van der Waals surface area contributed by atoms with Crippen LogP contribution in [-0.4, -0.2) is 27.9 Å². The SMILES string of the molecule is CCc1nc(C2CCC(C(F)(F)F)CC2)sc1COc1cc(OC(F)F)c(-c2noc(=O)[nH]2)cc1F. The third-order valence-corrected chi connectivity index (χ3v) is 7.21. The van der Waals surface area contributed by atoms with Crippen molar-refractivity contribution < 1.29 is 40.3 Å². The van der Waals surface area contributed by atoms with Gasteiger partial charge in [0.1, 0.15) is 12.4 Å². The lowest BCUT2D eigenvalue weighted by molar-refractivity contribution is -0.182. The highest BCUT2D eigenvalue weighted by Crippen LogP contribution is 2.44. The number of rotatable bonds is 8. The molecule has 1 aliphatic carbocycles. The van der Waals surface area contributed by atoms with E-state index in [1.807, 2.05) is 6.92 Å². The second-order valence-electron chi connectivity index (χ2n) is 8.26. The predicted octanol–water partition coefficient (Wildman–Crippen LogP) is 6.20. The van der Waals surface area contributed by atoms with Crippen LogP contribution in [0, 0.1) is 11.7 Å². The molecule has 1 N–H and O–H groups in total. The van der Waals surface area contributed by atoms with Crippen molar-refractivity contribution in [3.8, 4) is 22.9 Å². The minimum Gasteiger partial charge on any atom is -0.485 e. The van der Waals surface area contributed by atoms with E-state index >= 15 is 0 Å². The molecule has 1 saturated carbocycles. The van der Waals surface area contributed by atoms with E-state index in [4.69, 9.17) is 4.74 Å². The van der Waals surface area contributed by atoms with Gasteiger partial charge >= 0.3 is 18.5 Å². The Morgan fingerprint density at radius 2 is 1.92 bits per heavy atom. The zero-order valence-corrected chi connectivity index (χ0v) is 19.6. The van der Waals surface area contributed by atoms with Gasteiger partial charge in [0.05, 0.1) is 27.1 Å². The van der Waals surface area contributed by atoms with Crippen LogP contribution < -0.4 is 15.2 Å². The lowest BCUT2D eigenvalue weighted by Gasteiger charge is -2.28. The van der Waals surface area contributed by atoms with Crippen molar-refractivity contribution in [3.63, 3.8) is 0 Å². The fourth-order valence-electron chi connectivity index (χ4n) is 4.15. The van der Waals surface area contributed by atoms with E-state index in [1.165, 1.54) is 11.3 Å². The van der Waals surface area contributed by atoms with Gasteiger partial charge in [-0.25, -0.2) is 14.2 Å². The standard InChI is InChI=1S/C22H21F6N3O4S/c1-2-14-17(36-19(29-14)10-3-5-11(6-4-10)22(26,27)28)9-33-16-8-15(34-20(24)25)12(7-13(16)23)18-30-21(32)35-31-18/h7-8,10-11,20H,2-6,9H2,1H3,(H,30,31,32). The lowest BCUT2D eigenvalue weighted by atomic mass is 9.82. The van der Waals surface area contributed by atoms with E-state index in [0.717, 1.165) is 12.1 Å². The highest BCUT2D eigenvalue weighted by atomic mass is 32.1. The summed E-state index contributed by atoms with van der Waals surface area (Å²) in [5.41, 5.74) is 0.406. The molecule has 0 aliphatic heterocycles. The number of benzene rings is 1. The minimum absolute atomic E-state index is 0.0439. The number of nitrogens with one attached hydrogen (secondary N) is 1. The molecule has 2 heterocycles. The number of hydrogen-bond donors (Lipinski definition) is 1. The van der Waals surface area contributed by atoms with Crippen LogP contribution in [0.5, 0.6) is 11.5 Å². The predicted molar refractivity (Wildman–Crippen MR) is 116 cm³/mol. The molecule has 36 heavy (non-hydrogen) atoms. The zero-order chi connectivity index (χ0) is 26.0. The van der Waals surface area contributed by atoms with Crippen LogP contribution in [-0.2, 0) is 13.0 Å². The normalized spacial score (nSPS) is 18.6. The summed E-state index contributed by atoms with van der Waals surface area (Å²) in [6.45, 7) is -1.53. The van der Waals surface area contributed by atoms with Gasteiger partial charge in [0, 0.05) is 12.0 Å². The molecule has 0 unspecified atom stereocenters. The van der Waals surface area contributed by atoms with Crippen LogP contribution in [0.1, 0.15) is 54.1 Å². The maximum atomic E-state index is 14.8. The highest BCUT2D eigenvalue weighted by Gasteiger charge is 2.42. The first-order chi connectivity index (χ1) is 17.0. The molecule has 4 rings (SSSR count). The molecule has 0 atom stereocenters. The first-order valence-corrected chi connectivity index (χ1v) is 11.9. The summed E-state index contributed by atoms with van der Waals surface area (Å²) >= 11 is 1.29. The molecule has 1 fully saturated rings. The van der Waals surface area contributed by atoms with Crippen LogP contribution in [0.2, 0.25) is 0 Å². The van der Waals surface area contributed by atoms with Gasteiger partial charge in [0.25, 0.3) is 0 Å². The number of aryl methyl sites for hydroxylation is 1. The highest BCUT2D eigenvalue weighted by molar-refractivity contribution is 7.11. The number of alkyl halides is 5. The van der Waals surface area contributed by atoms with Gasteiger partial charge in [-0.15, -0.1) is 11.3 Å². The minimum atomic E-state index is -4.20. The van der Waals surface area contributed by atoms with E-state index < -0.39 is 36.0 Å². The maximum Gasteiger partial charge on any atom is 0.439 e. The smallest absolute Gasteiger partial charge is 0.439 e. The topological polar surface area (TPSA) is 90.2 Å². The van der Waals surface area contributed by atoms with Gasteiger partial charge in [-0.05, 0) is 38.2 Å². The van der Waals surface area contributed by atoms with E-state index in [0.29, 0.717) is 34.8 Å². The molecule has 1 aliphatic rings. The van der Waals surface area contributed by atoms with Gasteiger partial charge in [-0.1, -0.05) is 12.1 Å². The van der Waals surface area contributed by atoms with Gasteiger partial charge in [0.2, 0.25) is 0 Å². The van der Waals surface area contributed by atoms with Crippen LogP contribution >= 0.6 is 11.3 Å². The Morgan fingerprint density at radius 1 is 1.19 bits per heavy atom. The van der Waals surface area contributed by atoms with Gasteiger partial charge < -0.3 is 9.47 Å². The molecule has 7 nitrogen and oxygen atoms in total. The molecule has 14 heteroatoms. The number of thiazole rings is 1. The Labute approximate surface area is 204 Å². The van der Waals surface area contributed by atoms with E-state index in [-0.39, 0.29) is 42.5 Å². The molecule has 0 saturated heterocycles. The Balaban J connectivity index is 1.52. The average Bonchev–Trinajstić information content (AvgIpc) is 3.44. The zero-order valence-electron chi connectivity index (χ0n) is 18.8. The monoisotopic (exact) mass is 537 g/mol. The Morgan fingerprint density at radius 3 is 2.50 bits per heavy atom. The molecule has 0 bridgehead atoms. The van der Waals surface area contributed by atoms with Gasteiger partial charge in [0.15, 0.2) is 17.4 Å². The summed E-state index contributed by atoms with van der Waals surface area (Å²) in [6.07, 6.45) is -2.85. The van der Waals surface area contributed by atoms with Crippen LogP contribution in [0.3, 0.4) is 0 Å². The number of aromatic amines is 1. The molecule has 0 spiro atoms. The van der Waals surface area contributed by atoms with E-state index in [9.17, 15) is 31.1 Å². The van der Waals surface area contributed by atoms with Crippen molar-refractivity contribution in [2.75, 3.05) is 0 Å². The average molecular weight is 537 g/mol. The van der Waals surface area contributed by atoms with Crippen LogP contribution in [0.15, 0.2) is 21.5 Å². The molecular weight excluding hydrogens is 516 g/mol. The van der Waals surface area contributed by atoms with E-state index in [2.05, 4.69) is 24.4 Å². The fourth-order valence-corrected chi connectivity index (χ4v) is 5.38. The summed E-state index contributed by atoms with van der Waals surface area (Å²) in [6, 6.07) is 1.73. The van der Waals surface area contributed by atoms with Crippen molar-refractivity contribution in [1.82, 2.24) is 15.1 Å². The molecule has 0 radical (unpaired) electrons. The summed E-state index contributed by atoms with van der Waals surface area (Å²) in [5, 5.41) is 4.07. The summed E-state index contributed by atoms with van der Waals surface area (Å²) < 4.78 is 93.9. The molecule has 2 aromatic heterocycles. The third-order valence-electron chi connectivity index (χ3n) is 5.97. The number of halogens is 6. The molecular formula is C22H21F6N3O4S. The van der Waals surface area contributed by atoms with Crippen molar-refractivity contribution >= 4 is 11.3 Å². The first-order valence-electron chi connectivity index (χ1n) is 11.1. The van der Waals surface area contributed by atoms with E-state index in [1.54, 1.807) is 0 Å². The number of H-pyrrole nitrogens is 1. The molecule has 196 valence electrons. The van der Waals surface area contributed by atoms with Crippen molar-refractivity contribution in [2.45, 2.75) is 64.3 Å². The lowest BCUT2D eigenvalue weighted by Crippen LogP contribution is -2.27. The second-order valence-corrected chi connectivity index (χ2v) is 9.37. The number of hydrogen-bond acceptors (Lipinski definition) is 7. The Hall–Kier alpha value is -3.03. The van der Waals surface area contributed by atoms with Crippen molar-refractivity contribution in [2.24, 2.45) is 5.92 Å². The van der Waals surface area contributed by atoms with Gasteiger partial charge in [-0.3, -0.25) is 9.51 Å². The van der Waals surface area contributed by atoms with Gasteiger partial charge in [-0.2, -0.15) is 22.0 Å². The fraction of sp³-hybridized carbons (Fsp3) is 0.500. The Kier molecular flexibility index (Phi) is 7.62. The van der Waals surface area contributed by atoms with Crippen molar-refractivity contribution in [3.05, 3.63) is 44.1 Å². The number of nitrogens with zero attached hydrogens (tertiary/aromatic N) is 2. The third kappa shape index (κ3) is 5.85. The number of ether oxygens (including phenoxy) is 2. The summed E-state index contributed by atoms with van der Waals surface area (Å²) in [5.74, 6) is -4.47. The summed E-state index contributed by atoms with van der Waals surface area (Å²) in [4.78, 5) is 18.6. The van der Waals surface area contributed by atoms with Crippen molar-refractivity contribution in [1.29, 1.82) is 0 Å². The summed E-state index contributed by atoms with van der Waals surface area (Å²) in [7, 11) is 0. The molecule has 3 aromatic rings. The maximum absolute atomic E-state index is 14.8. The van der Waals surface area contributed by atoms with Crippen LogP contribution in [0.4, 0.5) is 26.3 Å². The molecule has 1 aromatic carbocycles. The molecule has 0 amide bonds. The largest absolute Gasteiger partial charge is 0.485 e. The second kappa shape index (κ2) is 10.5. The first kappa shape index (κ1) is 26.0. The van der Waals surface area contributed by atoms with Crippen LogP contribution in [0.25, 0.3) is 11.4 Å².